The molecule has 0 aliphatic heterocycles. The molecule has 9 nitrogen and oxygen atoms in total. The molecule has 0 radical (unpaired) electrons. The van der Waals surface area contributed by atoms with Gasteiger partial charge >= 0.3 is 0 Å². The van der Waals surface area contributed by atoms with Crippen LogP contribution < -0.4 is 15.4 Å². The summed E-state index contributed by atoms with van der Waals surface area (Å²) in [4.78, 5) is 12.3. The van der Waals surface area contributed by atoms with Gasteiger partial charge in [-0.05, 0) is 35.9 Å². The van der Waals surface area contributed by atoms with E-state index in [0.717, 1.165) is 23.1 Å². The molecule has 0 bridgehead atoms. The van der Waals surface area contributed by atoms with E-state index in [1.54, 1.807) is 24.4 Å². The van der Waals surface area contributed by atoms with E-state index >= 15 is 0 Å². The molecule has 2 aromatic heterocycles. The van der Waals surface area contributed by atoms with Crippen LogP contribution in [0.1, 0.15) is 6.42 Å². The second-order valence-electron chi connectivity index (χ2n) is 7.15. The molecule has 32 heavy (non-hydrogen) atoms. The number of anilines is 4. The minimum Gasteiger partial charge on any atom is -0.384 e. The second kappa shape index (κ2) is 8.95. The van der Waals surface area contributed by atoms with E-state index in [2.05, 4.69) is 31.4 Å². The number of rotatable bonds is 8. The van der Waals surface area contributed by atoms with Crippen molar-refractivity contribution < 1.29 is 8.42 Å². The summed E-state index contributed by atoms with van der Waals surface area (Å²) in [5.74, 6) is 0.526. The van der Waals surface area contributed by atoms with Gasteiger partial charge in [0, 0.05) is 29.7 Å². The highest BCUT2D eigenvalue weighted by molar-refractivity contribution is 7.92. The van der Waals surface area contributed by atoms with Gasteiger partial charge in [0.2, 0.25) is 10.0 Å². The SMILES string of the molecule is CS(=O)(=O)Nc1cccc(Nc2cnc3[nH]cc(-c4cccc(NCCC#N)c4)c3n2)c1. The van der Waals surface area contributed by atoms with E-state index < -0.39 is 10.0 Å². The lowest BCUT2D eigenvalue weighted by atomic mass is 10.1. The molecule has 10 heteroatoms. The molecular weight excluding hydrogens is 426 g/mol. The van der Waals surface area contributed by atoms with Gasteiger partial charge in [-0.3, -0.25) is 4.72 Å². The fourth-order valence-electron chi connectivity index (χ4n) is 3.25. The van der Waals surface area contributed by atoms with E-state index in [1.165, 1.54) is 0 Å². The van der Waals surface area contributed by atoms with E-state index in [1.807, 2.05) is 36.5 Å². The molecule has 0 aliphatic carbocycles. The van der Waals surface area contributed by atoms with Crippen molar-refractivity contribution in [3.05, 3.63) is 60.9 Å². The summed E-state index contributed by atoms with van der Waals surface area (Å²) in [7, 11) is -3.37. The standard InChI is InChI=1S/C22H21N7O2S/c1-32(30,31)29-18-8-3-7-17(12-18)27-20-14-26-22-21(28-20)19(13-25-22)15-5-2-6-16(11-15)24-10-4-9-23/h2-3,5-8,11-14,24,29H,4,10H2,1H3,(H,25,26)(H,27,28). The molecule has 162 valence electrons. The molecule has 0 saturated heterocycles. The van der Waals surface area contributed by atoms with Crippen LogP contribution >= 0.6 is 0 Å². The number of benzene rings is 2. The van der Waals surface area contributed by atoms with Crippen LogP contribution in [0.2, 0.25) is 0 Å². The Morgan fingerprint density at radius 2 is 1.88 bits per heavy atom. The van der Waals surface area contributed by atoms with Crippen molar-refractivity contribution in [2.45, 2.75) is 6.42 Å². The largest absolute Gasteiger partial charge is 0.384 e. The van der Waals surface area contributed by atoms with Gasteiger partial charge in [-0.15, -0.1) is 0 Å². The molecule has 4 aromatic rings. The number of aromatic nitrogens is 3. The van der Waals surface area contributed by atoms with Crippen LogP contribution in [0.3, 0.4) is 0 Å². The minimum absolute atomic E-state index is 0.429. The lowest BCUT2D eigenvalue weighted by molar-refractivity contribution is 0.607. The van der Waals surface area contributed by atoms with Gasteiger partial charge in [0.25, 0.3) is 0 Å². The van der Waals surface area contributed by atoms with Gasteiger partial charge in [0.15, 0.2) is 5.65 Å². The number of hydrogen-bond acceptors (Lipinski definition) is 7. The first kappa shape index (κ1) is 21.1. The first-order valence-corrected chi connectivity index (χ1v) is 11.7. The Balaban J connectivity index is 1.61. The number of sulfonamides is 1. The zero-order valence-corrected chi connectivity index (χ0v) is 18.1. The number of fused-ring (bicyclic) bond motifs is 1. The fraction of sp³-hybridized carbons (Fsp3) is 0.136. The molecule has 0 atom stereocenters. The molecule has 4 N–H and O–H groups in total. The quantitative estimate of drug-likeness (QED) is 0.299. The molecular formula is C22H21N7O2S. The van der Waals surface area contributed by atoms with E-state index in [4.69, 9.17) is 10.2 Å². The summed E-state index contributed by atoms with van der Waals surface area (Å²) in [6.07, 6.45) is 5.01. The van der Waals surface area contributed by atoms with Gasteiger partial charge in [-0.25, -0.2) is 18.4 Å². The first-order valence-electron chi connectivity index (χ1n) is 9.81. The number of hydrogen-bond donors (Lipinski definition) is 4. The van der Waals surface area contributed by atoms with E-state index in [9.17, 15) is 8.42 Å². The topological polar surface area (TPSA) is 136 Å². The number of nitriles is 1. The van der Waals surface area contributed by atoms with Crippen molar-refractivity contribution in [1.82, 2.24) is 15.0 Å². The summed E-state index contributed by atoms with van der Waals surface area (Å²) >= 11 is 0. The number of H-pyrrole nitrogens is 1. The number of nitrogens with zero attached hydrogens (tertiary/aromatic N) is 3. The summed E-state index contributed by atoms with van der Waals surface area (Å²) in [6, 6.07) is 16.9. The molecule has 2 heterocycles. The molecule has 0 unspecified atom stereocenters. The molecule has 0 amide bonds. The molecule has 0 saturated carbocycles. The molecule has 0 spiro atoms. The summed E-state index contributed by atoms with van der Waals surface area (Å²) < 4.78 is 25.4. The van der Waals surface area contributed by atoms with E-state index in [0.29, 0.717) is 41.3 Å². The highest BCUT2D eigenvalue weighted by atomic mass is 32.2. The second-order valence-corrected chi connectivity index (χ2v) is 8.90. The predicted molar refractivity (Wildman–Crippen MR) is 126 cm³/mol. The average molecular weight is 448 g/mol. The Morgan fingerprint density at radius 1 is 1.09 bits per heavy atom. The Kier molecular flexibility index (Phi) is 5.91. The lowest BCUT2D eigenvalue weighted by Gasteiger charge is -2.09. The summed E-state index contributed by atoms with van der Waals surface area (Å²) in [5.41, 5.74) is 5.26. The summed E-state index contributed by atoms with van der Waals surface area (Å²) in [6.45, 7) is 0.578. The van der Waals surface area contributed by atoms with Crippen molar-refractivity contribution in [2.75, 3.05) is 28.2 Å². The van der Waals surface area contributed by atoms with Crippen LogP contribution in [0, 0.1) is 11.3 Å². The van der Waals surface area contributed by atoms with Gasteiger partial charge in [-0.2, -0.15) is 5.26 Å². The van der Waals surface area contributed by atoms with Crippen molar-refractivity contribution in [3.63, 3.8) is 0 Å². The first-order chi connectivity index (χ1) is 15.4. The highest BCUT2D eigenvalue weighted by Crippen LogP contribution is 2.29. The molecule has 0 aliphatic rings. The van der Waals surface area contributed by atoms with Crippen molar-refractivity contribution in [3.8, 4) is 17.2 Å². The van der Waals surface area contributed by atoms with E-state index in [-0.39, 0.29) is 0 Å². The Labute approximate surface area is 185 Å². The van der Waals surface area contributed by atoms with Gasteiger partial charge in [0.05, 0.1) is 30.6 Å². The molecule has 2 aromatic carbocycles. The maximum atomic E-state index is 11.5. The maximum absolute atomic E-state index is 11.5. The third-order valence-electron chi connectivity index (χ3n) is 4.56. The van der Waals surface area contributed by atoms with Crippen LogP contribution in [0.15, 0.2) is 60.9 Å². The highest BCUT2D eigenvalue weighted by Gasteiger charge is 2.11. The van der Waals surface area contributed by atoms with Crippen LogP contribution in [0.4, 0.5) is 22.9 Å². The maximum Gasteiger partial charge on any atom is 0.229 e. The predicted octanol–water partition coefficient (Wildman–Crippen LogP) is 4.07. The van der Waals surface area contributed by atoms with Gasteiger partial charge in [-0.1, -0.05) is 18.2 Å². The van der Waals surface area contributed by atoms with Crippen LogP contribution in [0.5, 0.6) is 0 Å². The minimum atomic E-state index is -3.37. The zero-order valence-electron chi connectivity index (χ0n) is 17.3. The Morgan fingerprint density at radius 3 is 2.69 bits per heavy atom. The summed E-state index contributed by atoms with van der Waals surface area (Å²) in [5, 5.41) is 15.1. The Bertz CT molecular complexity index is 1410. The smallest absolute Gasteiger partial charge is 0.229 e. The van der Waals surface area contributed by atoms with Gasteiger partial charge in [0.1, 0.15) is 11.3 Å². The normalized spacial score (nSPS) is 11.1. The van der Waals surface area contributed by atoms with Crippen molar-refractivity contribution >= 4 is 44.1 Å². The third kappa shape index (κ3) is 5.14. The fourth-order valence-corrected chi connectivity index (χ4v) is 3.81. The zero-order chi connectivity index (χ0) is 22.6. The number of aromatic amines is 1. The molecule has 0 fully saturated rings. The Hall–Kier alpha value is -4.10. The van der Waals surface area contributed by atoms with Crippen molar-refractivity contribution in [2.24, 2.45) is 0 Å². The van der Waals surface area contributed by atoms with Gasteiger partial charge < -0.3 is 15.6 Å². The van der Waals surface area contributed by atoms with Crippen LogP contribution in [-0.4, -0.2) is 36.2 Å². The van der Waals surface area contributed by atoms with Crippen molar-refractivity contribution in [1.29, 1.82) is 5.26 Å². The average Bonchev–Trinajstić information content (AvgIpc) is 3.16. The third-order valence-corrected chi connectivity index (χ3v) is 5.17. The number of nitrogens with one attached hydrogen (secondary N) is 4. The lowest BCUT2D eigenvalue weighted by Crippen LogP contribution is -2.09. The van der Waals surface area contributed by atoms with Crippen LogP contribution in [0.25, 0.3) is 22.3 Å². The van der Waals surface area contributed by atoms with Crippen LogP contribution in [-0.2, 0) is 10.0 Å². The molecule has 4 rings (SSSR count). The monoisotopic (exact) mass is 447 g/mol.